The van der Waals surface area contributed by atoms with Crippen LogP contribution in [0.2, 0.25) is 0 Å². The van der Waals surface area contributed by atoms with Gasteiger partial charge in [-0.2, -0.15) is 0 Å². The van der Waals surface area contributed by atoms with E-state index in [0.717, 1.165) is 23.4 Å². The predicted octanol–water partition coefficient (Wildman–Crippen LogP) is 2.18. The second kappa shape index (κ2) is 4.39. The summed E-state index contributed by atoms with van der Waals surface area (Å²) in [6, 6.07) is 9.43. The lowest BCUT2D eigenvalue weighted by Crippen LogP contribution is -2.29. The first kappa shape index (κ1) is 11.7. The van der Waals surface area contributed by atoms with E-state index in [1.54, 1.807) is 11.1 Å². The first-order chi connectivity index (χ1) is 9.16. The molecule has 1 aromatic heterocycles. The molecule has 0 spiro atoms. The van der Waals surface area contributed by atoms with E-state index in [0.29, 0.717) is 17.8 Å². The summed E-state index contributed by atoms with van der Waals surface area (Å²) in [4.78, 5) is 18.4. The zero-order valence-electron chi connectivity index (χ0n) is 10.8. The van der Waals surface area contributed by atoms with Crippen molar-refractivity contribution in [2.75, 3.05) is 17.2 Å². The van der Waals surface area contributed by atoms with Gasteiger partial charge in [-0.3, -0.25) is 9.78 Å². The van der Waals surface area contributed by atoms with Crippen LogP contribution in [0.15, 0.2) is 36.5 Å². The van der Waals surface area contributed by atoms with Gasteiger partial charge in [0.15, 0.2) is 0 Å². The Morgan fingerprint density at radius 2 is 2.16 bits per heavy atom. The monoisotopic (exact) mass is 253 g/mol. The second-order valence-electron chi connectivity index (χ2n) is 4.75. The highest BCUT2D eigenvalue weighted by Crippen LogP contribution is 2.34. The number of fused-ring (bicyclic) bond motifs is 1. The number of nitrogens with zero attached hydrogens (tertiary/aromatic N) is 2. The van der Waals surface area contributed by atoms with Gasteiger partial charge in [-0.1, -0.05) is 12.1 Å². The minimum Gasteiger partial charge on any atom is -0.397 e. The molecular formula is C15H15N3O. The Hall–Kier alpha value is -2.36. The normalized spacial score (nSPS) is 13.4. The average Bonchev–Trinajstić information content (AvgIpc) is 2.84. The Bertz CT molecular complexity index is 634. The number of aryl methyl sites for hydroxylation is 1. The fourth-order valence-electron chi connectivity index (χ4n) is 2.44. The molecule has 2 aromatic rings. The van der Waals surface area contributed by atoms with E-state index in [1.807, 2.05) is 37.3 Å². The van der Waals surface area contributed by atoms with Crippen LogP contribution in [0.5, 0.6) is 0 Å². The van der Waals surface area contributed by atoms with Crippen LogP contribution >= 0.6 is 0 Å². The summed E-state index contributed by atoms with van der Waals surface area (Å²) < 4.78 is 0. The van der Waals surface area contributed by atoms with E-state index >= 15 is 0 Å². The summed E-state index contributed by atoms with van der Waals surface area (Å²) >= 11 is 0. The lowest BCUT2D eigenvalue weighted by molar-refractivity contribution is 0.0989. The molecule has 4 heteroatoms. The van der Waals surface area contributed by atoms with Crippen molar-refractivity contribution >= 4 is 17.3 Å². The van der Waals surface area contributed by atoms with Gasteiger partial charge in [0.1, 0.15) is 0 Å². The number of nitrogen functional groups attached to an aromatic ring is 1. The number of hydrogen-bond donors (Lipinski definition) is 1. The lowest BCUT2D eigenvalue weighted by Gasteiger charge is -2.18. The van der Waals surface area contributed by atoms with Gasteiger partial charge in [0.2, 0.25) is 0 Å². The molecule has 96 valence electrons. The topological polar surface area (TPSA) is 59.2 Å². The summed E-state index contributed by atoms with van der Waals surface area (Å²) in [7, 11) is 0. The van der Waals surface area contributed by atoms with E-state index < -0.39 is 0 Å². The lowest BCUT2D eigenvalue weighted by atomic mass is 10.1. The molecule has 0 saturated carbocycles. The Labute approximate surface area is 111 Å². The quantitative estimate of drug-likeness (QED) is 0.792. The smallest absolute Gasteiger partial charge is 0.259 e. The molecule has 19 heavy (non-hydrogen) atoms. The van der Waals surface area contributed by atoms with Crippen LogP contribution in [0.4, 0.5) is 11.4 Å². The van der Waals surface area contributed by atoms with Crippen molar-refractivity contribution in [3.8, 4) is 0 Å². The highest BCUT2D eigenvalue weighted by molar-refractivity contribution is 6.08. The molecule has 2 heterocycles. The molecule has 0 atom stereocenters. The number of pyridine rings is 1. The molecule has 0 bridgehead atoms. The molecule has 1 aliphatic heterocycles. The number of rotatable bonds is 1. The fraction of sp³-hybridized carbons (Fsp3) is 0.200. The van der Waals surface area contributed by atoms with Crippen LogP contribution in [-0.4, -0.2) is 17.4 Å². The number of aromatic nitrogens is 1. The van der Waals surface area contributed by atoms with Gasteiger partial charge in [0, 0.05) is 18.4 Å². The molecular weight excluding hydrogens is 238 g/mol. The Balaban J connectivity index is 1.98. The standard InChI is InChI=1S/C15H15N3O/c1-10-5-6-12(9-17-10)15(19)18-8-7-11-3-2-4-13(16)14(11)18/h2-6,9H,7-8,16H2,1H3. The van der Waals surface area contributed by atoms with Gasteiger partial charge in [-0.15, -0.1) is 0 Å². The number of benzene rings is 1. The van der Waals surface area contributed by atoms with Gasteiger partial charge < -0.3 is 10.6 Å². The number of hydrogen-bond acceptors (Lipinski definition) is 3. The van der Waals surface area contributed by atoms with Crippen molar-refractivity contribution in [2.24, 2.45) is 0 Å². The maximum Gasteiger partial charge on any atom is 0.259 e. The molecule has 3 rings (SSSR count). The molecule has 0 radical (unpaired) electrons. The van der Waals surface area contributed by atoms with Gasteiger partial charge >= 0.3 is 0 Å². The van der Waals surface area contributed by atoms with Crippen LogP contribution in [0.3, 0.4) is 0 Å². The number of anilines is 2. The summed E-state index contributed by atoms with van der Waals surface area (Å²) in [6.45, 7) is 2.58. The van der Waals surface area contributed by atoms with Gasteiger partial charge in [0.05, 0.1) is 16.9 Å². The molecule has 2 N–H and O–H groups in total. The maximum absolute atomic E-state index is 12.5. The highest BCUT2D eigenvalue weighted by Gasteiger charge is 2.27. The van der Waals surface area contributed by atoms with Gasteiger partial charge in [-0.05, 0) is 37.1 Å². The molecule has 0 unspecified atom stereocenters. The van der Waals surface area contributed by atoms with Crippen molar-refractivity contribution in [2.45, 2.75) is 13.3 Å². The molecule has 0 fully saturated rings. The molecule has 1 aliphatic rings. The van der Waals surface area contributed by atoms with E-state index in [-0.39, 0.29) is 5.91 Å². The third-order valence-corrected chi connectivity index (χ3v) is 3.43. The van der Waals surface area contributed by atoms with Gasteiger partial charge in [0.25, 0.3) is 5.91 Å². The average molecular weight is 253 g/mol. The van der Waals surface area contributed by atoms with Crippen molar-refractivity contribution in [1.29, 1.82) is 0 Å². The number of para-hydroxylation sites is 1. The van der Waals surface area contributed by atoms with Crippen molar-refractivity contribution in [3.63, 3.8) is 0 Å². The Morgan fingerprint density at radius 3 is 2.89 bits per heavy atom. The minimum absolute atomic E-state index is 0.0378. The maximum atomic E-state index is 12.5. The molecule has 1 aromatic carbocycles. The zero-order chi connectivity index (χ0) is 13.4. The largest absolute Gasteiger partial charge is 0.397 e. The molecule has 0 aliphatic carbocycles. The van der Waals surface area contributed by atoms with Crippen LogP contribution in [0.25, 0.3) is 0 Å². The predicted molar refractivity (Wildman–Crippen MR) is 75.2 cm³/mol. The first-order valence-corrected chi connectivity index (χ1v) is 6.28. The Morgan fingerprint density at radius 1 is 1.32 bits per heavy atom. The molecule has 0 saturated heterocycles. The second-order valence-corrected chi connectivity index (χ2v) is 4.75. The summed E-state index contributed by atoms with van der Waals surface area (Å²) in [5, 5.41) is 0. The number of carbonyl (C=O) groups excluding carboxylic acids is 1. The number of amides is 1. The van der Waals surface area contributed by atoms with Gasteiger partial charge in [-0.25, -0.2) is 0 Å². The molecule has 4 nitrogen and oxygen atoms in total. The Kier molecular flexibility index (Phi) is 2.71. The third-order valence-electron chi connectivity index (χ3n) is 3.43. The number of carbonyl (C=O) groups is 1. The van der Waals surface area contributed by atoms with Crippen LogP contribution in [-0.2, 0) is 6.42 Å². The summed E-state index contributed by atoms with van der Waals surface area (Å²) in [6.07, 6.45) is 2.47. The van der Waals surface area contributed by atoms with Crippen molar-refractivity contribution in [1.82, 2.24) is 4.98 Å². The van der Waals surface area contributed by atoms with E-state index in [9.17, 15) is 4.79 Å². The highest BCUT2D eigenvalue weighted by atomic mass is 16.2. The molecule has 1 amide bonds. The first-order valence-electron chi connectivity index (χ1n) is 6.28. The van der Waals surface area contributed by atoms with Crippen LogP contribution in [0, 0.1) is 6.92 Å². The third kappa shape index (κ3) is 1.95. The minimum atomic E-state index is -0.0378. The summed E-state index contributed by atoms with van der Waals surface area (Å²) in [5.74, 6) is -0.0378. The van der Waals surface area contributed by atoms with Crippen molar-refractivity contribution < 1.29 is 4.79 Å². The van der Waals surface area contributed by atoms with Crippen molar-refractivity contribution in [3.05, 3.63) is 53.3 Å². The number of nitrogens with two attached hydrogens (primary N) is 1. The van der Waals surface area contributed by atoms with E-state index in [1.165, 1.54) is 0 Å². The zero-order valence-corrected chi connectivity index (χ0v) is 10.8. The van der Waals surface area contributed by atoms with E-state index in [4.69, 9.17) is 5.73 Å². The van der Waals surface area contributed by atoms with Crippen LogP contribution in [0.1, 0.15) is 21.6 Å². The summed E-state index contributed by atoms with van der Waals surface area (Å²) in [5.41, 5.74) is 10.1. The van der Waals surface area contributed by atoms with Crippen LogP contribution < -0.4 is 10.6 Å². The fourth-order valence-corrected chi connectivity index (χ4v) is 2.44. The van der Waals surface area contributed by atoms with E-state index in [2.05, 4.69) is 4.98 Å². The SMILES string of the molecule is Cc1ccc(C(=O)N2CCc3cccc(N)c32)cn1.